The lowest BCUT2D eigenvalue weighted by molar-refractivity contribution is 0.318. The van der Waals surface area contributed by atoms with Gasteiger partial charge in [-0.15, -0.1) is 0 Å². The lowest BCUT2D eigenvalue weighted by Crippen LogP contribution is -2.26. The van der Waals surface area contributed by atoms with E-state index < -0.39 is 0 Å². The van der Waals surface area contributed by atoms with Gasteiger partial charge >= 0.3 is 0 Å². The van der Waals surface area contributed by atoms with Gasteiger partial charge in [0.1, 0.15) is 11.6 Å². The van der Waals surface area contributed by atoms with Gasteiger partial charge in [-0.05, 0) is 43.7 Å². The number of rotatable bonds is 5. The van der Waals surface area contributed by atoms with Gasteiger partial charge in [0.15, 0.2) is 0 Å². The number of hydrogen-bond acceptors (Lipinski definition) is 2. The van der Waals surface area contributed by atoms with Crippen LogP contribution in [0, 0.1) is 11.7 Å². The summed E-state index contributed by atoms with van der Waals surface area (Å²) in [6.07, 6.45) is 7.64. The first-order valence-corrected chi connectivity index (χ1v) is 7.33. The zero-order valence-electron chi connectivity index (χ0n) is 11.9. The molecule has 1 saturated carbocycles. The van der Waals surface area contributed by atoms with Crippen LogP contribution in [0.25, 0.3) is 0 Å². The fraction of sp³-hybridized carbons (Fsp3) is 0.625. The molecule has 1 aliphatic rings. The predicted molar refractivity (Wildman–Crippen MR) is 77.2 cm³/mol. The van der Waals surface area contributed by atoms with Crippen LogP contribution in [0.2, 0.25) is 0 Å². The fourth-order valence-electron chi connectivity index (χ4n) is 3.01. The van der Waals surface area contributed by atoms with E-state index >= 15 is 0 Å². The number of benzene rings is 1. The van der Waals surface area contributed by atoms with E-state index in [1.807, 2.05) is 0 Å². The molecule has 0 amide bonds. The summed E-state index contributed by atoms with van der Waals surface area (Å²) in [5.74, 6) is 1.24. The predicted octanol–water partition coefficient (Wildman–Crippen LogP) is 4.61. The summed E-state index contributed by atoms with van der Waals surface area (Å²) in [4.78, 5) is 0. The van der Waals surface area contributed by atoms with E-state index in [0.29, 0.717) is 11.8 Å². The van der Waals surface area contributed by atoms with Crippen molar-refractivity contribution in [2.75, 3.05) is 12.4 Å². The quantitative estimate of drug-likeness (QED) is 0.839. The highest BCUT2D eigenvalue weighted by atomic mass is 19.1. The summed E-state index contributed by atoms with van der Waals surface area (Å²) >= 11 is 0. The minimum atomic E-state index is -0.256. The average Bonchev–Trinajstić information content (AvgIpc) is 2.43. The van der Waals surface area contributed by atoms with Crippen LogP contribution < -0.4 is 10.1 Å². The number of anilines is 1. The van der Waals surface area contributed by atoms with E-state index in [1.54, 1.807) is 13.2 Å². The van der Waals surface area contributed by atoms with Gasteiger partial charge in [-0.3, -0.25) is 0 Å². The number of ether oxygens (including phenoxy) is 1. The van der Waals surface area contributed by atoms with Crippen molar-refractivity contribution in [2.24, 2.45) is 5.92 Å². The summed E-state index contributed by atoms with van der Waals surface area (Å²) in [6, 6.07) is 5.18. The molecule has 19 heavy (non-hydrogen) atoms. The Kier molecular flexibility index (Phi) is 5.06. The molecule has 0 saturated heterocycles. The second-order valence-corrected chi connectivity index (χ2v) is 5.50. The Balaban J connectivity index is 1.92. The van der Waals surface area contributed by atoms with Gasteiger partial charge in [0.05, 0.1) is 12.8 Å². The minimum absolute atomic E-state index is 0.256. The molecule has 1 N–H and O–H groups in total. The first-order valence-electron chi connectivity index (χ1n) is 7.33. The number of halogens is 1. The molecular weight excluding hydrogens is 241 g/mol. The largest absolute Gasteiger partial charge is 0.494 e. The minimum Gasteiger partial charge on any atom is -0.494 e. The maximum absolute atomic E-state index is 13.1. The van der Waals surface area contributed by atoms with Gasteiger partial charge in [0.25, 0.3) is 0 Å². The van der Waals surface area contributed by atoms with E-state index in [0.717, 1.165) is 11.6 Å². The van der Waals surface area contributed by atoms with Crippen LogP contribution in [0.5, 0.6) is 5.75 Å². The second-order valence-electron chi connectivity index (χ2n) is 5.50. The lowest BCUT2D eigenvalue weighted by Gasteiger charge is -2.30. The lowest BCUT2D eigenvalue weighted by atomic mass is 9.83. The molecule has 1 aromatic carbocycles. The Morgan fingerprint density at radius 2 is 2.00 bits per heavy atom. The Morgan fingerprint density at radius 1 is 1.26 bits per heavy atom. The van der Waals surface area contributed by atoms with Gasteiger partial charge in [0.2, 0.25) is 0 Å². The SMILES string of the molecule is CCCC1CCC(Nc2ccc(F)cc2OC)CC1. The first kappa shape index (κ1) is 14.2. The van der Waals surface area contributed by atoms with Crippen LogP contribution in [0.1, 0.15) is 45.4 Å². The van der Waals surface area contributed by atoms with Crippen LogP contribution in [-0.4, -0.2) is 13.2 Å². The summed E-state index contributed by atoms with van der Waals surface area (Å²) in [5.41, 5.74) is 0.905. The van der Waals surface area contributed by atoms with E-state index in [4.69, 9.17) is 4.74 Å². The Bertz CT molecular complexity index is 400. The molecule has 1 aromatic rings. The van der Waals surface area contributed by atoms with Gasteiger partial charge in [-0.25, -0.2) is 4.39 Å². The summed E-state index contributed by atoms with van der Waals surface area (Å²) in [7, 11) is 1.58. The van der Waals surface area contributed by atoms with Crippen molar-refractivity contribution in [2.45, 2.75) is 51.5 Å². The van der Waals surface area contributed by atoms with Gasteiger partial charge in [-0.2, -0.15) is 0 Å². The van der Waals surface area contributed by atoms with Crippen LogP contribution >= 0.6 is 0 Å². The Labute approximate surface area is 115 Å². The zero-order valence-corrected chi connectivity index (χ0v) is 11.9. The molecule has 2 nitrogen and oxygen atoms in total. The Morgan fingerprint density at radius 3 is 2.63 bits per heavy atom. The van der Waals surface area contributed by atoms with E-state index in [-0.39, 0.29) is 5.82 Å². The highest BCUT2D eigenvalue weighted by molar-refractivity contribution is 5.57. The molecule has 2 rings (SSSR count). The summed E-state index contributed by atoms with van der Waals surface area (Å²) in [5, 5.41) is 3.50. The van der Waals surface area contributed by atoms with Gasteiger partial charge in [-0.1, -0.05) is 19.8 Å². The Hall–Kier alpha value is -1.25. The average molecular weight is 265 g/mol. The molecule has 0 unspecified atom stereocenters. The monoisotopic (exact) mass is 265 g/mol. The maximum atomic E-state index is 13.1. The zero-order chi connectivity index (χ0) is 13.7. The van der Waals surface area contributed by atoms with Crippen molar-refractivity contribution < 1.29 is 9.13 Å². The molecule has 3 heteroatoms. The molecule has 106 valence electrons. The molecule has 0 aliphatic heterocycles. The van der Waals surface area contributed by atoms with E-state index in [9.17, 15) is 4.39 Å². The van der Waals surface area contributed by atoms with Crippen molar-refractivity contribution in [1.29, 1.82) is 0 Å². The third kappa shape index (κ3) is 3.85. The topological polar surface area (TPSA) is 21.3 Å². The molecule has 0 aromatic heterocycles. The van der Waals surface area contributed by atoms with Crippen molar-refractivity contribution in [3.8, 4) is 5.75 Å². The van der Waals surface area contributed by atoms with E-state index in [2.05, 4.69) is 12.2 Å². The summed E-state index contributed by atoms with van der Waals surface area (Å²) in [6.45, 7) is 2.26. The number of nitrogens with one attached hydrogen (secondary N) is 1. The van der Waals surface area contributed by atoms with Gasteiger partial charge in [0, 0.05) is 12.1 Å². The molecule has 0 atom stereocenters. The highest BCUT2D eigenvalue weighted by Crippen LogP contribution is 2.32. The standard InChI is InChI=1S/C16H24FNO/c1-3-4-12-5-8-14(9-6-12)18-15-10-7-13(17)11-16(15)19-2/h7,10-12,14,18H,3-6,8-9H2,1-2H3. The number of methoxy groups -OCH3 is 1. The van der Waals surface area contributed by atoms with Crippen molar-refractivity contribution in [1.82, 2.24) is 0 Å². The van der Waals surface area contributed by atoms with Gasteiger partial charge < -0.3 is 10.1 Å². The second kappa shape index (κ2) is 6.78. The van der Waals surface area contributed by atoms with Crippen molar-refractivity contribution in [3.05, 3.63) is 24.0 Å². The maximum Gasteiger partial charge on any atom is 0.144 e. The molecule has 0 heterocycles. The molecule has 0 spiro atoms. The third-order valence-electron chi connectivity index (χ3n) is 4.07. The first-order chi connectivity index (χ1) is 9.22. The third-order valence-corrected chi connectivity index (χ3v) is 4.07. The smallest absolute Gasteiger partial charge is 0.144 e. The molecule has 1 fully saturated rings. The number of hydrogen-bond donors (Lipinski definition) is 1. The molecule has 1 aliphatic carbocycles. The van der Waals surface area contributed by atoms with Crippen molar-refractivity contribution in [3.63, 3.8) is 0 Å². The van der Waals surface area contributed by atoms with Crippen LogP contribution in [0.4, 0.5) is 10.1 Å². The fourth-order valence-corrected chi connectivity index (χ4v) is 3.01. The summed E-state index contributed by atoms with van der Waals surface area (Å²) < 4.78 is 18.4. The van der Waals surface area contributed by atoms with Crippen LogP contribution in [-0.2, 0) is 0 Å². The van der Waals surface area contributed by atoms with E-state index in [1.165, 1.54) is 50.7 Å². The molecule has 0 radical (unpaired) electrons. The van der Waals surface area contributed by atoms with Crippen LogP contribution in [0.3, 0.4) is 0 Å². The van der Waals surface area contributed by atoms with Crippen LogP contribution in [0.15, 0.2) is 18.2 Å². The highest BCUT2D eigenvalue weighted by Gasteiger charge is 2.21. The molecule has 0 bridgehead atoms. The molecular formula is C16H24FNO. The van der Waals surface area contributed by atoms with Crippen molar-refractivity contribution >= 4 is 5.69 Å². The normalized spacial score (nSPS) is 23.1.